The Labute approximate surface area is 200 Å². The van der Waals surface area contributed by atoms with Crippen molar-refractivity contribution in [3.05, 3.63) is 76.5 Å². The maximum atomic E-state index is 14.2. The van der Waals surface area contributed by atoms with E-state index in [1.54, 1.807) is 12.3 Å². The number of aryl methyl sites for hydroxylation is 1. The van der Waals surface area contributed by atoms with Gasteiger partial charge in [-0.1, -0.05) is 12.1 Å². The lowest BCUT2D eigenvalue weighted by molar-refractivity contribution is -0.119. The number of hydrogen-bond donors (Lipinski definition) is 1. The number of anilines is 1. The topological polar surface area (TPSA) is 77.5 Å². The molecule has 1 fully saturated rings. The number of benzene rings is 2. The lowest BCUT2D eigenvalue weighted by Crippen LogP contribution is -2.20. The van der Waals surface area contributed by atoms with Crippen LogP contribution in [0, 0.1) is 24.5 Å². The third-order valence-electron chi connectivity index (χ3n) is 7.01. The van der Waals surface area contributed by atoms with Gasteiger partial charge < -0.3 is 14.8 Å². The van der Waals surface area contributed by atoms with Crippen LogP contribution in [-0.2, 0) is 22.4 Å². The second-order valence-corrected chi connectivity index (χ2v) is 9.35. The van der Waals surface area contributed by atoms with Gasteiger partial charge in [0, 0.05) is 48.4 Å². The van der Waals surface area contributed by atoms with Crippen LogP contribution >= 0.6 is 0 Å². The minimum atomic E-state index is -0.949. The van der Waals surface area contributed by atoms with Crippen LogP contribution in [0.1, 0.15) is 41.0 Å². The van der Waals surface area contributed by atoms with E-state index in [0.29, 0.717) is 30.2 Å². The van der Waals surface area contributed by atoms with Gasteiger partial charge in [-0.2, -0.15) is 0 Å². The summed E-state index contributed by atoms with van der Waals surface area (Å²) >= 11 is 0. The van der Waals surface area contributed by atoms with Gasteiger partial charge in [-0.05, 0) is 48.7 Å². The summed E-state index contributed by atoms with van der Waals surface area (Å²) in [5.74, 6) is 0.586. The molecule has 0 bridgehead atoms. The Hall–Kier alpha value is -3.81. The Balaban J connectivity index is 1.15. The van der Waals surface area contributed by atoms with Crippen molar-refractivity contribution in [2.45, 2.75) is 44.6 Å². The van der Waals surface area contributed by atoms with Gasteiger partial charge in [0.25, 0.3) is 0 Å². The number of carbonyl (C=O) groups is 2. The monoisotopic (exact) mass is 476 g/mol. The fourth-order valence-electron chi connectivity index (χ4n) is 5.11. The van der Waals surface area contributed by atoms with Crippen LogP contribution in [0.15, 0.2) is 42.6 Å². The van der Waals surface area contributed by atoms with Crippen LogP contribution in [0.5, 0.6) is 17.2 Å². The number of carbonyl (C=O) groups excluding carboxylic acids is 2. The summed E-state index contributed by atoms with van der Waals surface area (Å²) in [5, 5.41) is 2.77. The molecule has 3 heterocycles. The molecular formula is C27H22F2N2O4. The summed E-state index contributed by atoms with van der Waals surface area (Å²) < 4.78 is 40.1. The summed E-state index contributed by atoms with van der Waals surface area (Å²) in [7, 11) is 0. The first kappa shape index (κ1) is 21.7. The number of rotatable bonds is 6. The molecule has 6 nitrogen and oxygen atoms in total. The Morgan fingerprint density at radius 2 is 2.03 bits per heavy atom. The zero-order valence-corrected chi connectivity index (χ0v) is 18.9. The molecule has 2 aliphatic heterocycles. The number of pyridine rings is 1. The smallest absolute Gasteiger partial charge is 0.225 e. The van der Waals surface area contributed by atoms with Gasteiger partial charge in [-0.3, -0.25) is 9.59 Å². The molecule has 0 radical (unpaired) electrons. The van der Waals surface area contributed by atoms with E-state index in [1.807, 2.05) is 18.2 Å². The quantitative estimate of drug-likeness (QED) is 0.541. The molecule has 3 aliphatic rings. The van der Waals surface area contributed by atoms with E-state index in [0.717, 1.165) is 16.9 Å². The van der Waals surface area contributed by atoms with Crippen molar-refractivity contribution in [1.29, 1.82) is 0 Å². The molecule has 1 aromatic heterocycles. The summed E-state index contributed by atoms with van der Waals surface area (Å²) in [6, 6.07) is 10.3. The molecule has 8 heteroatoms. The highest BCUT2D eigenvalue weighted by atomic mass is 19.2. The van der Waals surface area contributed by atoms with E-state index in [2.05, 4.69) is 10.3 Å². The standard InChI is InChI=1S/C27H22F2N2O4/c1-13-2-3-14(25(29)24(13)28)10-15(32)11-19-23-18-12-16(4-6-20(18)35-26(19)23)34-21-8-9-30-27-17(21)5-7-22(33)31-27/h2-4,6,8-9,12,19,23,26H,5,7,10-11H2,1H3,(H,30,31,33)/t19-,23-,26+/m0/s1. The Morgan fingerprint density at radius 3 is 2.89 bits per heavy atom. The Morgan fingerprint density at radius 1 is 1.17 bits per heavy atom. The molecular weight excluding hydrogens is 454 g/mol. The van der Waals surface area contributed by atoms with Crippen molar-refractivity contribution in [3.63, 3.8) is 0 Å². The Kier molecular flexibility index (Phi) is 5.05. The molecule has 1 amide bonds. The lowest BCUT2D eigenvalue weighted by atomic mass is 10.0. The van der Waals surface area contributed by atoms with Crippen molar-refractivity contribution in [2.75, 3.05) is 5.32 Å². The average Bonchev–Trinajstić information content (AvgIpc) is 3.35. The molecule has 1 saturated carbocycles. The number of halogens is 2. The zero-order chi connectivity index (χ0) is 24.3. The Bertz CT molecular complexity index is 1390. The van der Waals surface area contributed by atoms with Crippen molar-refractivity contribution < 1.29 is 27.8 Å². The van der Waals surface area contributed by atoms with E-state index >= 15 is 0 Å². The van der Waals surface area contributed by atoms with Crippen molar-refractivity contribution in [2.24, 2.45) is 5.92 Å². The van der Waals surface area contributed by atoms with Gasteiger partial charge in [0.1, 0.15) is 35.0 Å². The van der Waals surface area contributed by atoms with E-state index in [-0.39, 0.29) is 53.6 Å². The van der Waals surface area contributed by atoms with E-state index in [4.69, 9.17) is 9.47 Å². The van der Waals surface area contributed by atoms with Crippen LogP contribution in [0.25, 0.3) is 0 Å². The predicted octanol–water partition coefficient (Wildman–Crippen LogP) is 5.02. The normalized spacial score (nSPS) is 21.3. The number of amides is 1. The number of Topliss-reactive ketones (excluding diaryl/α,β-unsaturated/α-hetero) is 1. The van der Waals surface area contributed by atoms with E-state index in [9.17, 15) is 18.4 Å². The van der Waals surface area contributed by atoms with Crippen molar-refractivity contribution >= 4 is 17.5 Å². The number of ether oxygens (including phenoxy) is 2. The minimum absolute atomic E-state index is 0.00695. The maximum absolute atomic E-state index is 14.2. The highest BCUT2D eigenvalue weighted by Crippen LogP contribution is 2.60. The van der Waals surface area contributed by atoms with Gasteiger partial charge >= 0.3 is 0 Å². The lowest BCUT2D eigenvalue weighted by Gasteiger charge is -2.19. The fourth-order valence-corrected chi connectivity index (χ4v) is 5.11. The first-order valence-corrected chi connectivity index (χ1v) is 11.6. The molecule has 0 spiro atoms. The highest BCUT2D eigenvalue weighted by Gasteiger charge is 2.59. The SMILES string of the molecule is Cc1ccc(CC(=O)C[C@@H]2[C@H]3Oc4ccc(Oc5ccnc6c5CCC(=O)N6)cc4[C@@H]23)c(F)c1F. The van der Waals surface area contributed by atoms with Crippen LogP contribution in [-0.4, -0.2) is 22.8 Å². The summed E-state index contributed by atoms with van der Waals surface area (Å²) in [6.45, 7) is 1.49. The maximum Gasteiger partial charge on any atom is 0.225 e. The number of aromatic nitrogens is 1. The summed E-state index contributed by atoms with van der Waals surface area (Å²) in [5.41, 5.74) is 2.14. The summed E-state index contributed by atoms with van der Waals surface area (Å²) in [4.78, 5) is 28.5. The molecule has 178 valence electrons. The van der Waals surface area contributed by atoms with Crippen molar-refractivity contribution in [3.8, 4) is 17.2 Å². The van der Waals surface area contributed by atoms with Crippen LogP contribution in [0.2, 0.25) is 0 Å². The second-order valence-electron chi connectivity index (χ2n) is 9.35. The molecule has 1 N–H and O–H groups in total. The van der Waals surface area contributed by atoms with Crippen LogP contribution < -0.4 is 14.8 Å². The minimum Gasteiger partial charge on any atom is -0.489 e. The molecule has 3 aromatic rings. The number of nitrogens with one attached hydrogen (secondary N) is 1. The molecule has 3 atom stereocenters. The molecule has 2 aromatic carbocycles. The third-order valence-corrected chi connectivity index (χ3v) is 7.01. The van der Waals surface area contributed by atoms with Gasteiger partial charge in [-0.25, -0.2) is 13.8 Å². The summed E-state index contributed by atoms with van der Waals surface area (Å²) in [6.07, 6.45) is 2.54. The largest absolute Gasteiger partial charge is 0.489 e. The average molecular weight is 476 g/mol. The molecule has 6 rings (SSSR count). The third kappa shape index (κ3) is 3.83. The zero-order valence-electron chi connectivity index (χ0n) is 18.9. The van der Waals surface area contributed by atoms with Gasteiger partial charge in [0.2, 0.25) is 5.91 Å². The van der Waals surface area contributed by atoms with E-state index in [1.165, 1.54) is 19.1 Å². The number of ketones is 1. The van der Waals surface area contributed by atoms with Crippen LogP contribution in [0.4, 0.5) is 14.6 Å². The highest BCUT2D eigenvalue weighted by molar-refractivity contribution is 5.93. The van der Waals surface area contributed by atoms with Gasteiger partial charge in [0.15, 0.2) is 11.6 Å². The number of nitrogens with zero attached hydrogens (tertiary/aromatic N) is 1. The van der Waals surface area contributed by atoms with Crippen LogP contribution in [0.3, 0.4) is 0 Å². The van der Waals surface area contributed by atoms with Crippen molar-refractivity contribution in [1.82, 2.24) is 4.98 Å². The molecule has 0 unspecified atom stereocenters. The first-order valence-electron chi connectivity index (χ1n) is 11.6. The first-order chi connectivity index (χ1) is 16.9. The van der Waals surface area contributed by atoms with E-state index < -0.39 is 11.6 Å². The second kappa shape index (κ2) is 8.15. The molecule has 35 heavy (non-hydrogen) atoms. The predicted molar refractivity (Wildman–Crippen MR) is 123 cm³/mol. The molecule has 1 aliphatic carbocycles. The number of hydrogen-bond acceptors (Lipinski definition) is 5. The van der Waals surface area contributed by atoms with Gasteiger partial charge in [-0.15, -0.1) is 0 Å². The van der Waals surface area contributed by atoms with Gasteiger partial charge in [0.05, 0.1) is 0 Å². The molecule has 0 saturated heterocycles. The fraction of sp³-hybridized carbons (Fsp3) is 0.296. The number of fused-ring (bicyclic) bond motifs is 4.